The van der Waals surface area contributed by atoms with Crippen molar-refractivity contribution in [2.75, 3.05) is 30.3 Å². The van der Waals surface area contributed by atoms with Crippen LogP contribution in [0.5, 0.6) is 0 Å². The lowest BCUT2D eigenvalue weighted by Crippen LogP contribution is -2.27. The number of fused-ring (bicyclic) bond motifs is 4. The first-order valence-corrected chi connectivity index (χ1v) is 13.6. The second-order valence-electron chi connectivity index (χ2n) is 7.78. The molecule has 3 heterocycles. The summed E-state index contributed by atoms with van der Waals surface area (Å²) in [6.07, 6.45) is 3.95. The van der Waals surface area contributed by atoms with E-state index in [1.165, 1.54) is 18.3 Å². The summed E-state index contributed by atoms with van der Waals surface area (Å²) in [6, 6.07) is 6.39. The van der Waals surface area contributed by atoms with Crippen molar-refractivity contribution < 1.29 is 16.8 Å². The van der Waals surface area contributed by atoms with E-state index in [4.69, 9.17) is 0 Å². The highest BCUT2D eigenvalue weighted by molar-refractivity contribution is 7.89. The summed E-state index contributed by atoms with van der Waals surface area (Å²) < 4.78 is 56.8. The Morgan fingerprint density at radius 2 is 2.03 bits per heavy atom. The number of hydrogen-bond acceptors (Lipinski definition) is 9. The fraction of sp³-hybridized carbons (Fsp3) is 0.350. The van der Waals surface area contributed by atoms with Crippen LogP contribution >= 0.6 is 0 Å². The van der Waals surface area contributed by atoms with E-state index in [1.54, 1.807) is 36.9 Å². The van der Waals surface area contributed by atoms with Gasteiger partial charge in [0, 0.05) is 50.3 Å². The van der Waals surface area contributed by atoms with Crippen molar-refractivity contribution in [3.63, 3.8) is 0 Å². The second kappa shape index (κ2) is 9.66. The van der Waals surface area contributed by atoms with Crippen LogP contribution in [0, 0.1) is 6.92 Å². The summed E-state index contributed by atoms with van der Waals surface area (Å²) in [5.41, 5.74) is 1.24. The van der Waals surface area contributed by atoms with E-state index in [1.807, 2.05) is 0 Å². The fourth-order valence-electron chi connectivity index (χ4n) is 3.31. The SMILES string of the molecule is Cc1nc(S(=O)(=O)NCCc2cnc3nc2NCCCNS(=O)(=O)c2cccc(c2)N3)cn1C. The minimum Gasteiger partial charge on any atom is -0.370 e. The van der Waals surface area contributed by atoms with E-state index in [9.17, 15) is 16.8 Å². The molecule has 0 aliphatic carbocycles. The summed E-state index contributed by atoms with van der Waals surface area (Å²) in [5.74, 6) is 1.43. The van der Waals surface area contributed by atoms with Gasteiger partial charge in [-0.15, -0.1) is 0 Å². The zero-order valence-electron chi connectivity index (χ0n) is 18.7. The lowest BCUT2D eigenvalue weighted by molar-refractivity contribution is 0.577. The van der Waals surface area contributed by atoms with E-state index in [-0.39, 0.29) is 29.0 Å². The Morgan fingerprint density at radius 3 is 2.79 bits per heavy atom. The van der Waals surface area contributed by atoms with Gasteiger partial charge in [-0.2, -0.15) is 4.98 Å². The highest BCUT2D eigenvalue weighted by Gasteiger charge is 2.19. The zero-order valence-corrected chi connectivity index (χ0v) is 20.4. The molecule has 0 atom stereocenters. The van der Waals surface area contributed by atoms with Crippen molar-refractivity contribution in [1.29, 1.82) is 0 Å². The molecule has 0 radical (unpaired) electrons. The van der Waals surface area contributed by atoms with Crippen LogP contribution in [0.1, 0.15) is 17.8 Å². The van der Waals surface area contributed by atoms with Gasteiger partial charge in [0.2, 0.25) is 16.0 Å². The molecule has 182 valence electrons. The third-order valence-electron chi connectivity index (χ3n) is 5.25. The van der Waals surface area contributed by atoms with Gasteiger partial charge in [-0.25, -0.2) is 36.2 Å². The van der Waals surface area contributed by atoms with Gasteiger partial charge in [0.1, 0.15) is 11.6 Å². The van der Waals surface area contributed by atoms with Gasteiger partial charge in [0.15, 0.2) is 5.03 Å². The van der Waals surface area contributed by atoms with Crippen molar-refractivity contribution >= 4 is 37.5 Å². The fourth-order valence-corrected chi connectivity index (χ4v) is 5.50. The topological polar surface area (TPSA) is 160 Å². The molecule has 0 amide bonds. The Hall–Kier alpha value is -3.07. The highest BCUT2D eigenvalue weighted by atomic mass is 32.2. The molecule has 0 saturated carbocycles. The molecule has 0 fully saturated rings. The molecule has 0 spiro atoms. The first-order valence-electron chi connectivity index (χ1n) is 10.6. The van der Waals surface area contributed by atoms with E-state index >= 15 is 0 Å². The van der Waals surface area contributed by atoms with E-state index in [0.29, 0.717) is 36.7 Å². The Morgan fingerprint density at radius 1 is 1.21 bits per heavy atom. The monoisotopic (exact) mass is 506 g/mol. The first-order chi connectivity index (χ1) is 16.1. The van der Waals surface area contributed by atoms with E-state index < -0.39 is 20.0 Å². The van der Waals surface area contributed by atoms with Crippen LogP contribution in [-0.4, -0.2) is 56.0 Å². The molecular formula is C20H26N8O4S2. The zero-order chi connectivity index (χ0) is 24.3. The third-order valence-corrected chi connectivity index (χ3v) is 8.04. The maximum atomic E-state index is 12.5. The molecule has 4 bridgehead atoms. The number of nitrogens with one attached hydrogen (secondary N) is 4. The van der Waals surface area contributed by atoms with E-state index in [0.717, 1.165) is 5.56 Å². The number of rotatable bonds is 5. The summed E-state index contributed by atoms with van der Waals surface area (Å²) in [6.45, 7) is 2.57. The van der Waals surface area contributed by atoms with E-state index in [2.05, 4.69) is 35.0 Å². The average molecular weight is 507 g/mol. The maximum Gasteiger partial charge on any atom is 0.259 e. The first kappa shape index (κ1) is 24.1. The number of hydrogen-bond donors (Lipinski definition) is 4. The summed E-state index contributed by atoms with van der Waals surface area (Å²) in [7, 11) is -5.64. The number of anilines is 3. The molecule has 0 saturated heterocycles. The van der Waals surface area contributed by atoms with Gasteiger partial charge in [-0.05, 0) is 38.0 Å². The summed E-state index contributed by atoms with van der Waals surface area (Å²) in [4.78, 5) is 13.1. The van der Waals surface area contributed by atoms with Crippen LogP contribution in [0.15, 0.2) is 46.6 Å². The van der Waals surface area contributed by atoms with Gasteiger partial charge >= 0.3 is 0 Å². The van der Waals surface area contributed by atoms with Gasteiger partial charge in [-0.1, -0.05) is 6.07 Å². The molecule has 2 aromatic heterocycles. The minimum absolute atomic E-state index is 0.0307. The molecule has 4 N–H and O–H groups in total. The maximum absolute atomic E-state index is 12.5. The van der Waals surface area contributed by atoms with Crippen LogP contribution < -0.4 is 20.1 Å². The molecule has 34 heavy (non-hydrogen) atoms. The number of aryl methyl sites for hydroxylation is 2. The van der Waals surface area contributed by atoms with Crippen molar-refractivity contribution in [3.8, 4) is 0 Å². The quantitative estimate of drug-likeness (QED) is 0.394. The molecule has 1 aromatic carbocycles. The third kappa shape index (κ3) is 5.52. The smallest absolute Gasteiger partial charge is 0.259 e. The van der Waals surface area contributed by atoms with Crippen LogP contribution in [0.2, 0.25) is 0 Å². The van der Waals surface area contributed by atoms with Crippen LogP contribution in [0.3, 0.4) is 0 Å². The molecule has 4 rings (SSSR count). The highest BCUT2D eigenvalue weighted by Crippen LogP contribution is 2.21. The van der Waals surface area contributed by atoms with Crippen molar-refractivity contribution in [2.45, 2.75) is 29.7 Å². The standard InChI is InChI=1S/C20H26N8O4S2/c1-14-25-18(13-28(14)2)34(31,32)24-10-7-15-12-22-20-26-16-5-3-6-17(11-16)33(29,30)23-9-4-8-21-19(15)27-20/h3,5-6,11-13,23-24H,4,7-10H2,1-2H3,(H2,21,22,26,27). The van der Waals surface area contributed by atoms with Crippen molar-refractivity contribution in [2.24, 2.45) is 7.05 Å². The van der Waals surface area contributed by atoms with Gasteiger partial charge < -0.3 is 15.2 Å². The lowest BCUT2D eigenvalue weighted by Gasteiger charge is -2.13. The van der Waals surface area contributed by atoms with Crippen LogP contribution in [0.4, 0.5) is 17.5 Å². The Balaban J connectivity index is 1.51. The molecule has 1 aliphatic rings. The van der Waals surface area contributed by atoms with Crippen molar-refractivity contribution in [1.82, 2.24) is 29.0 Å². The lowest BCUT2D eigenvalue weighted by atomic mass is 10.2. The number of benzene rings is 1. The number of sulfonamides is 2. The predicted molar refractivity (Wildman–Crippen MR) is 127 cm³/mol. The molecule has 3 aromatic rings. The summed E-state index contributed by atoms with van der Waals surface area (Å²) >= 11 is 0. The van der Waals surface area contributed by atoms with Gasteiger partial charge in [0.05, 0.1) is 4.90 Å². The minimum atomic E-state index is -3.74. The normalized spacial score (nSPS) is 15.8. The Bertz CT molecular complexity index is 1380. The van der Waals surface area contributed by atoms with Crippen LogP contribution in [-0.2, 0) is 33.5 Å². The molecule has 1 aliphatic heterocycles. The average Bonchev–Trinajstić information content (AvgIpc) is 3.14. The second-order valence-corrected chi connectivity index (χ2v) is 11.3. The molecule has 12 nitrogen and oxygen atoms in total. The van der Waals surface area contributed by atoms with Gasteiger partial charge in [0.25, 0.3) is 10.0 Å². The van der Waals surface area contributed by atoms with Crippen LogP contribution in [0.25, 0.3) is 0 Å². The van der Waals surface area contributed by atoms with Gasteiger partial charge in [-0.3, -0.25) is 0 Å². The molecule has 0 unspecified atom stereocenters. The Kier molecular flexibility index (Phi) is 6.84. The number of nitrogens with zero attached hydrogens (tertiary/aromatic N) is 4. The molecular weight excluding hydrogens is 480 g/mol. The summed E-state index contributed by atoms with van der Waals surface area (Å²) in [5, 5.41) is 6.19. The Labute approximate surface area is 198 Å². The largest absolute Gasteiger partial charge is 0.370 e. The number of imidazole rings is 1. The molecule has 14 heteroatoms. The predicted octanol–water partition coefficient (Wildman–Crippen LogP) is 0.877. The van der Waals surface area contributed by atoms with Crippen molar-refractivity contribution in [3.05, 3.63) is 48.0 Å². The number of aromatic nitrogens is 4.